The molecule has 1 saturated heterocycles. The molecule has 2 rings (SSSR count). The Morgan fingerprint density at radius 2 is 2.07 bits per heavy atom. The van der Waals surface area contributed by atoms with Crippen LogP contribution < -0.4 is 15.2 Å². The molecule has 1 amide bonds. The fourth-order valence-electron chi connectivity index (χ4n) is 3.30. The van der Waals surface area contributed by atoms with Crippen molar-refractivity contribution in [3.8, 4) is 5.75 Å². The van der Waals surface area contributed by atoms with Crippen LogP contribution in [0.1, 0.15) is 44.0 Å². The van der Waals surface area contributed by atoms with Crippen molar-refractivity contribution in [2.45, 2.75) is 50.6 Å². The first-order valence-corrected chi connectivity index (χ1v) is 10.4. The van der Waals surface area contributed by atoms with Crippen LogP contribution in [0.4, 0.5) is 0 Å². The Balaban J connectivity index is 0.00000364. The maximum atomic E-state index is 13.0. The molecule has 0 aliphatic carbocycles. The van der Waals surface area contributed by atoms with Gasteiger partial charge in [0.15, 0.2) is 0 Å². The van der Waals surface area contributed by atoms with E-state index in [1.165, 1.54) is 19.2 Å². The molecule has 1 aliphatic rings. The molecule has 2 unspecified atom stereocenters. The van der Waals surface area contributed by atoms with Gasteiger partial charge in [-0.1, -0.05) is 6.92 Å². The molecule has 1 heterocycles. The van der Waals surface area contributed by atoms with E-state index < -0.39 is 10.0 Å². The largest absolute Gasteiger partial charge is 0.495 e. The lowest BCUT2D eigenvalue weighted by Crippen LogP contribution is -2.49. The number of carbonyl (C=O) groups is 1. The zero-order valence-corrected chi connectivity index (χ0v) is 17.9. The van der Waals surface area contributed by atoms with Crippen LogP contribution in [0.5, 0.6) is 5.75 Å². The van der Waals surface area contributed by atoms with E-state index >= 15 is 0 Å². The van der Waals surface area contributed by atoms with Crippen LogP contribution >= 0.6 is 12.4 Å². The molecule has 0 bridgehead atoms. The predicted molar refractivity (Wildman–Crippen MR) is 108 cm³/mol. The molecule has 1 aromatic rings. The van der Waals surface area contributed by atoms with Gasteiger partial charge in [0.1, 0.15) is 10.6 Å². The minimum Gasteiger partial charge on any atom is -0.495 e. The van der Waals surface area contributed by atoms with Crippen LogP contribution in [-0.2, 0) is 10.0 Å². The van der Waals surface area contributed by atoms with Gasteiger partial charge < -0.3 is 15.4 Å². The second-order valence-corrected chi connectivity index (χ2v) is 8.84. The summed E-state index contributed by atoms with van der Waals surface area (Å²) in [5, 5.41) is 0. The monoisotopic (exact) mass is 419 g/mol. The summed E-state index contributed by atoms with van der Waals surface area (Å²) in [5.41, 5.74) is 6.17. The minimum absolute atomic E-state index is 0. The Hall–Kier alpha value is -1.35. The van der Waals surface area contributed by atoms with Gasteiger partial charge in [0.2, 0.25) is 10.0 Å². The minimum atomic E-state index is -3.79. The van der Waals surface area contributed by atoms with Crippen molar-refractivity contribution >= 4 is 28.3 Å². The van der Waals surface area contributed by atoms with Gasteiger partial charge in [-0.3, -0.25) is 4.79 Å². The third-order valence-corrected chi connectivity index (χ3v) is 6.28. The summed E-state index contributed by atoms with van der Waals surface area (Å²) in [6.07, 6.45) is 1.77. The van der Waals surface area contributed by atoms with E-state index in [2.05, 4.69) is 11.6 Å². The van der Waals surface area contributed by atoms with Crippen LogP contribution in [0.2, 0.25) is 0 Å². The summed E-state index contributed by atoms with van der Waals surface area (Å²) in [6, 6.07) is 4.21. The molecule has 2 atom stereocenters. The molecule has 0 saturated carbocycles. The molecule has 27 heavy (non-hydrogen) atoms. The number of carbonyl (C=O) groups excluding carboxylic acids is 1. The number of methoxy groups -OCH3 is 1. The van der Waals surface area contributed by atoms with Gasteiger partial charge in [-0.25, -0.2) is 13.1 Å². The van der Waals surface area contributed by atoms with Crippen LogP contribution in [0, 0.1) is 5.92 Å². The SMILES string of the molecule is COc1ccc(C(=O)N2CCC(C)CC2CN)cc1S(=O)(=O)NC(C)C.Cl. The Kier molecular flexibility index (Phi) is 8.53. The van der Waals surface area contributed by atoms with E-state index in [9.17, 15) is 13.2 Å². The maximum absolute atomic E-state index is 13.0. The quantitative estimate of drug-likeness (QED) is 0.734. The summed E-state index contributed by atoms with van der Waals surface area (Å²) in [6.45, 7) is 6.65. The van der Waals surface area contributed by atoms with E-state index in [0.717, 1.165) is 12.8 Å². The van der Waals surface area contributed by atoms with Gasteiger partial charge in [0.25, 0.3) is 5.91 Å². The zero-order chi connectivity index (χ0) is 19.5. The number of amides is 1. The summed E-state index contributed by atoms with van der Waals surface area (Å²) in [7, 11) is -2.38. The van der Waals surface area contributed by atoms with E-state index in [0.29, 0.717) is 24.6 Å². The molecule has 1 aliphatic heterocycles. The highest BCUT2D eigenvalue weighted by atomic mass is 35.5. The van der Waals surface area contributed by atoms with Gasteiger partial charge in [0, 0.05) is 30.7 Å². The fourth-order valence-corrected chi connectivity index (χ4v) is 4.75. The number of sulfonamides is 1. The number of hydrogen-bond donors (Lipinski definition) is 2. The number of rotatable bonds is 6. The number of likely N-dealkylation sites (tertiary alicyclic amines) is 1. The molecule has 3 N–H and O–H groups in total. The first kappa shape index (κ1) is 23.7. The van der Waals surface area contributed by atoms with Crippen molar-refractivity contribution < 1.29 is 17.9 Å². The van der Waals surface area contributed by atoms with Gasteiger partial charge in [0.05, 0.1) is 7.11 Å². The topological polar surface area (TPSA) is 102 Å². The van der Waals surface area contributed by atoms with E-state index in [1.807, 2.05) is 0 Å². The van der Waals surface area contributed by atoms with Gasteiger partial charge in [-0.05, 0) is 50.8 Å². The van der Waals surface area contributed by atoms with Crippen molar-refractivity contribution in [1.29, 1.82) is 0 Å². The Morgan fingerprint density at radius 1 is 1.41 bits per heavy atom. The summed E-state index contributed by atoms with van der Waals surface area (Å²) in [4.78, 5) is 14.7. The first-order valence-electron chi connectivity index (χ1n) is 8.91. The molecule has 0 radical (unpaired) electrons. The second-order valence-electron chi connectivity index (χ2n) is 7.16. The predicted octanol–water partition coefficient (Wildman–Crippen LogP) is 2.00. The molecule has 7 nitrogen and oxygen atoms in total. The summed E-state index contributed by atoms with van der Waals surface area (Å²) in [5.74, 6) is 0.531. The average molecular weight is 420 g/mol. The molecular weight excluding hydrogens is 390 g/mol. The van der Waals surface area contributed by atoms with Gasteiger partial charge in [-0.15, -0.1) is 12.4 Å². The molecule has 154 valence electrons. The number of piperidine rings is 1. The Labute approximate surface area is 168 Å². The highest BCUT2D eigenvalue weighted by Gasteiger charge is 2.31. The lowest BCUT2D eigenvalue weighted by Gasteiger charge is -2.38. The number of nitrogens with zero attached hydrogens (tertiary/aromatic N) is 1. The molecule has 0 spiro atoms. The first-order chi connectivity index (χ1) is 12.2. The maximum Gasteiger partial charge on any atom is 0.254 e. The lowest BCUT2D eigenvalue weighted by molar-refractivity contribution is 0.0573. The van der Waals surface area contributed by atoms with Crippen LogP contribution in [-0.4, -0.2) is 51.5 Å². The summed E-state index contributed by atoms with van der Waals surface area (Å²) < 4.78 is 32.9. The van der Waals surface area contributed by atoms with Crippen molar-refractivity contribution in [3.05, 3.63) is 23.8 Å². The number of hydrogen-bond acceptors (Lipinski definition) is 5. The number of nitrogens with two attached hydrogens (primary N) is 1. The average Bonchev–Trinajstić information content (AvgIpc) is 2.59. The van der Waals surface area contributed by atoms with Crippen molar-refractivity contribution in [1.82, 2.24) is 9.62 Å². The highest BCUT2D eigenvalue weighted by Crippen LogP contribution is 2.28. The zero-order valence-electron chi connectivity index (χ0n) is 16.3. The lowest BCUT2D eigenvalue weighted by atomic mass is 9.92. The molecule has 1 aromatic carbocycles. The third kappa shape index (κ3) is 5.57. The van der Waals surface area contributed by atoms with Crippen molar-refractivity contribution in [2.75, 3.05) is 20.2 Å². The molecule has 9 heteroatoms. The van der Waals surface area contributed by atoms with Crippen molar-refractivity contribution in [3.63, 3.8) is 0 Å². The number of benzene rings is 1. The highest BCUT2D eigenvalue weighted by molar-refractivity contribution is 7.89. The number of nitrogens with one attached hydrogen (secondary N) is 1. The molecule has 0 aromatic heterocycles. The van der Waals surface area contributed by atoms with Gasteiger partial charge >= 0.3 is 0 Å². The number of ether oxygens (including phenoxy) is 1. The normalized spacial score (nSPS) is 20.3. The summed E-state index contributed by atoms with van der Waals surface area (Å²) >= 11 is 0. The van der Waals surface area contributed by atoms with Crippen LogP contribution in [0.25, 0.3) is 0 Å². The number of halogens is 1. The van der Waals surface area contributed by atoms with Crippen molar-refractivity contribution in [2.24, 2.45) is 11.7 Å². The second kappa shape index (κ2) is 9.73. The molecule has 1 fully saturated rings. The Morgan fingerprint density at radius 3 is 2.63 bits per heavy atom. The van der Waals surface area contributed by atoms with Crippen LogP contribution in [0.3, 0.4) is 0 Å². The van der Waals surface area contributed by atoms with E-state index in [4.69, 9.17) is 10.5 Å². The molecular formula is C18H30ClN3O4S. The standard InChI is InChI=1S/C18H29N3O4S.ClH/c1-12(2)20-26(23,24)17-10-14(5-6-16(17)25-4)18(22)21-8-7-13(3)9-15(21)11-19;/h5-6,10,12-13,15,20H,7-9,11,19H2,1-4H3;1H. The van der Waals surface area contributed by atoms with Gasteiger partial charge in [-0.2, -0.15) is 0 Å². The smallest absolute Gasteiger partial charge is 0.254 e. The fraction of sp³-hybridized carbons (Fsp3) is 0.611. The van der Waals surface area contributed by atoms with Crippen LogP contribution in [0.15, 0.2) is 23.1 Å². The third-order valence-electron chi connectivity index (χ3n) is 4.60. The Bertz CT molecular complexity index is 755. The van der Waals surface area contributed by atoms with E-state index in [1.54, 1.807) is 24.8 Å². The van der Waals surface area contributed by atoms with E-state index in [-0.39, 0.29) is 41.0 Å².